The molecule has 2 aliphatic rings. The van der Waals surface area contributed by atoms with Crippen LogP contribution in [0.4, 0.5) is 17.1 Å². The molecule has 0 fully saturated rings. The van der Waals surface area contributed by atoms with E-state index in [2.05, 4.69) is 222 Å². The van der Waals surface area contributed by atoms with Crippen LogP contribution in [0.5, 0.6) is 0 Å². The first-order valence-corrected chi connectivity index (χ1v) is 21.7. The van der Waals surface area contributed by atoms with Crippen LogP contribution >= 0.6 is 0 Å². The normalized spacial score (nSPS) is 13.9. The van der Waals surface area contributed by atoms with Crippen molar-refractivity contribution in [2.45, 2.75) is 57.8 Å². The first-order chi connectivity index (χ1) is 29.5. The zero-order chi connectivity index (χ0) is 41.4. The minimum absolute atomic E-state index is 0.0181. The predicted molar refractivity (Wildman–Crippen MR) is 257 cm³/mol. The van der Waals surface area contributed by atoms with Crippen LogP contribution in [0.3, 0.4) is 0 Å². The van der Waals surface area contributed by atoms with Crippen LogP contribution in [0.1, 0.15) is 74.9 Å². The second-order valence-corrected chi connectivity index (χ2v) is 19.2. The van der Waals surface area contributed by atoms with Crippen molar-refractivity contribution in [1.82, 2.24) is 0 Å². The molecular weight excluding hydrogens is 739 g/mol. The van der Waals surface area contributed by atoms with E-state index in [1.54, 1.807) is 0 Å². The summed E-state index contributed by atoms with van der Waals surface area (Å²) in [7, 11) is 0. The fraction of sp³-hybridized carbons (Fsp3) is 0.153. The number of anilines is 3. The summed E-state index contributed by atoms with van der Waals surface area (Å²) in [5.41, 5.74) is 17.4. The van der Waals surface area contributed by atoms with Gasteiger partial charge in [-0.15, -0.1) is 0 Å². The van der Waals surface area contributed by atoms with Gasteiger partial charge in [-0.1, -0.05) is 181 Å². The standard InChI is InChI=1S/C59H47NO/c1-57(2,3)36-27-31-38(32-28-36)60(39-33-29-37(30-34-39)58(4,5)6)50-35-49-54(53-46-23-13-16-26-51(46)61-56(50)53)52-44-21-9-7-17-40(44)41-18-8-10-22-45(41)55(52)59(49)47-24-14-11-19-42(47)43-20-12-15-25-48(43)59/h7-35H,1-6H3. The van der Waals surface area contributed by atoms with Gasteiger partial charge >= 0.3 is 0 Å². The highest BCUT2D eigenvalue weighted by molar-refractivity contribution is 6.27. The van der Waals surface area contributed by atoms with Crippen LogP contribution in [-0.2, 0) is 16.2 Å². The molecule has 2 nitrogen and oxygen atoms in total. The molecule has 61 heavy (non-hydrogen) atoms. The SMILES string of the molecule is CC(C)(C)c1ccc(N(c2ccc(C(C)(C)C)cc2)c2cc3c(c4c2oc2ccccc24)-c2c(c4ccccc4c4ccccc24)C32c3ccccc3-c3ccccc32)cc1. The Morgan fingerprint density at radius 1 is 0.426 bits per heavy atom. The van der Waals surface area contributed by atoms with Crippen LogP contribution in [0, 0.1) is 0 Å². The zero-order valence-electron chi connectivity index (χ0n) is 35.6. The molecule has 0 amide bonds. The van der Waals surface area contributed by atoms with E-state index in [0.29, 0.717) is 0 Å². The maximum atomic E-state index is 7.25. The second kappa shape index (κ2) is 12.6. The minimum Gasteiger partial charge on any atom is -0.454 e. The van der Waals surface area contributed by atoms with Gasteiger partial charge in [0.05, 0.1) is 11.1 Å². The van der Waals surface area contributed by atoms with Crippen molar-refractivity contribution in [2.75, 3.05) is 4.90 Å². The molecule has 0 radical (unpaired) electrons. The van der Waals surface area contributed by atoms with Crippen molar-refractivity contribution in [3.05, 3.63) is 209 Å². The molecule has 0 unspecified atom stereocenters. The number of para-hydroxylation sites is 1. The van der Waals surface area contributed by atoms with E-state index in [-0.39, 0.29) is 10.8 Å². The van der Waals surface area contributed by atoms with Crippen LogP contribution < -0.4 is 4.90 Å². The lowest BCUT2D eigenvalue weighted by molar-refractivity contribution is 0.590. The lowest BCUT2D eigenvalue weighted by Gasteiger charge is -2.33. The van der Waals surface area contributed by atoms with E-state index in [9.17, 15) is 0 Å². The van der Waals surface area contributed by atoms with Gasteiger partial charge in [-0.3, -0.25) is 0 Å². The third kappa shape index (κ3) is 4.91. The van der Waals surface area contributed by atoms with Crippen molar-refractivity contribution in [3.63, 3.8) is 0 Å². The number of fused-ring (bicyclic) bond motifs is 19. The smallest absolute Gasteiger partial charge is 0.160 e. The molecule has 9 aromatic carbocycles. The third-order valence-corrected chi connectivity index (χ3v) is 13.8. The molecule has 12 rings (SSSR count). The summed E-state index contributed by atoms with van der Waals surface area (Å²) in [4.78, 5) is 2.45. The Morgan fingerprint density at radius 2 is 0.885 bits per heavy atom. The van der Waals surface area contributed by atoms with Gasteiger partial charge in [0.15, 0.2) is 5.58 Å². The highest BCUT2D eigenvalue weighted by Gasteiger charge is 2.54. The molecule has 1 heterocycles. The van der Waals surface area contributed by atoms with Crippen molar-refractivity contribution >= 4 is 60.5 Å². The fourth-order valence-corrected chi connectivity index (χ4v) is 11.0. The Hall–Kier alpha value is -6.90. The summed E-state index contributed by atoms with van der Waals surface area (Å²) < 4.78 is 7.25. The van der Waals surface area contributed by atoms with E-state index in [0.717, 1.165) is 39.0 Å². The number of hydrogen-bond acceptors (Lipinski definition) is 2. The lowest BCUT2D eigenvalue weighted by Crippen LogP contribution is -2.26. The molecule has 0 saturated carbocycles. The number of benzene rings is 9. The van der Waals surface area contributed by atoms with Gasteiger partial charge in [-0.2, -0.15) is 0 Å². The molecule has 0 bridgehead atoms. The summed E-state index contributed by atoms with van der Waals surface area (Å²) in [5, 5.41) is 7.38. The van der Waals surface area contributed by atoms with Crippen molar-refractivity contribution < 1.29 is 4.42 Å². The maximum Gasteiger partial charge on any atom is 0.160 e. The van der Waals surface area contributed by atoms with Gasteiger partial charge in [-0.25, -0.2) is 0 Å². The molecule has 2 aliphatic carbocycles. The van der Waals surface area contributed by atoms with Crippen molar-refractivity contribution in [1.29, 1.82) is 0 Å². The lowest BCUT2D eigenvalue weighted by atomic mass is 9.69. The van der Waals surface area contributed by atoms with Crippen LogP contribution in [0.2, 0.25) is 0 Å². The van der Waals surface area contributed by atoms with E-state index >= 15 is 0 Å². The Kier molecular flexibility index (Phi) is 7.41. The molecule has 10 aromatic rings. The van der Waals surface area contributed by atoms with E-state index < -0.39 is 5.41 Å². The Balaban J connectivity index is 1.30. The summed E-state index contributed by atoms with van der Waals surface area (Å²) in [5.74, 6) is 0. The highest BCUT2D eigenvalue weighted by Crippen LogP contribution is 2.68. The first-order valence-electron chi connectivity index (χ1n) is 21.7. The highest BCUT2D eigenvalue weighted by atomic mass is 16.3. The molecule has 2 heteroatoms. The number of rotatable bonds is 3. The van der Waals surface area contributed by atoms with Gasteiger partial charge < -0.3 is 9.32 Å². The molecule has 1 aromatic heterocycles. The maximum absolute atomic E-state index is 7.25. The molecule has 0 saturated heterocycles. The monoisotopic (exact) mass is 785 g/mol. The van der Waals surface area contributed by atoms with Crippen LogP contribution in [-0.4, -0.2) is 0 Å². The Labute approximate surface area is 357 Å². The van der Waals surface area contributed by atoms with E-state index in [1.165, 1.54) is 77.2 Å². The molecule has 294 valence electrons. The summed E-state index contributed by atoms with van der Waals surface area (Å²) in [6.07, 6.45) is 0. The Morgan fingerprint density at radius 3 is 1.44 bits per heavy atom. The van der Waals surface area contributed by atoms with E-state index in [4.69, 9.17) is 4.42 Å². The zero-order valence-corrected chi connectivity index (χ0v) is 35.6. The van der Waals surface area contributed by atoms with Crippen LogP contribution in [0.15, 0.2) is 180 Å². The summed E-state index contributed by atoms with van der Waals surface area (Å²) in [6.45, 7) is 13.7. The average molecular weight is 786 g/mol. The average Bonchev–Trinajstić information content (AvgIpc) is 3.91. The fourth-order valence-electron chi connectivity index (χ4n) is 11.0. The van der Waals surface area contributed by atoms with Gasteiger partial charge in [-0.05, 0) is 124 Å². The van der Waals surface area contributed by atoms with Gasteiger partial charge in [0.25, 0.3) is 0 Å². The number of furan rings is 1. The summed E-state index contributed by atoms with van der Waals surface area (Å²) in [6, 6.07) is 66.0. The van der Waals surface area contributed by atoms with Gasteiger partial charge in [0.2, 0.25) is 0 Å². The minimum atomic E-state index is -0.610. The van der Waals surface area contributed by atoms with Crippen LogP contribution in [0.25, 0.3) is 65.7 Å². The van der Waals surface area contributed by atoms with E-state index in [1.807, 2.05) is 0 Å². The first kappa shape index (κ1) is 36.0. The number of hydrogen-bond donors (Lipinski definition) is 0. The Bertz CT molecular complexity index is 3320. The molecule has 0 atom stereocenters. The second-order valence-electron chi connectivity index (χ2n) is 19.2. The van der Waals surface area contributed by atoms with Gasteiger partial charge in [0.1, 0.15) is 5.58 Å². The van der Waals surface area contributed by atoms with Gasteiger partial charge in [0, 0.05) is 22.1 Å². The molecular formula is C59H47NO. The number of nitrogens with zero attached hydrogens (tertiary/aromatic N) is 1. The third-order valence-electron chi connectivity index (χ3n) is 13.8. The quantitative estimate of drug-likeness (QED) is 0.166. The molecule has 0 aliphatic heterocycles. The van der Waals surface area contributed by atoms with Crippen molar-refractivity contribution in [2.24, 2.45) is 0 Å². The topological polar surface area (TPSA) is 16.4 Å². The summed E-state index contributed by atoms with van der Waals surface area (Å²) >= 11 is 0. The van der Waals surface area contributed by atoms with Crippen molar-refractivity contribution in [3.8, 4) is 22.3 Å². The molecule has 0 N–H and O–H groups in total. The largest absolute Gasteiger partial charge is 0.454 e. The predicted octanol–water partition coefficient (Wildman–Crippen LogP) is 16.3. The molecule has 1 spiro atoms.